The molecule has 0 aromatic rings. The standard InChI is InChI=1S/C24H36O4.2C2H6/c1-14(7-10-20(27)28)16-8-9-17-21-18(25)12-15-6-4-5-11-23(15,2)22(21)19(26)13-24(16,17)3;2*1-2/h14-17,21-22H,4-13H2,1-3H3,(H,27,28);2*1-2H3/t14-,15?,16?,17?,21?,22?,23?,24?;;/m1../s1. The van der Waals surface area contributed by atoms with Crippen molar-refractivity contribution in [2.45, 2.75) is 113 Å². The molecule has 0 aromatic heterocycles. The van der Waals surface area contributed by atoms with E-state index in [1.165, 1.54) is 12.8 Å². The maximum atomic E-state index is 13.6. The van der Waals surface area contributed by atoms with Gasteiger partial charge in [-0.1, -0.05) is 61.3 Å². The SMILES string of the molecule is CC.CC.C[C@H](CCC(=O)O)C1CCC2C3C(=O)CC4CCCCC4(C)C3C(=O)CC21C. The Labute approximate surface area is 196 Å². The van der Waals surface area contributed by atoms with Crippen LogP contribution in [0.15, 0.2) is 0 Å². The summed E-state index contributed by atoms with van der Waals surface area (Å²) in [6.07, 6.45) is 8.78. The molecule has 184 valence electrons. The highest BCUT2D eigenvalue weighted by Crippen LogP contribution is 2.66. The Morgan fingerprint density at radius 2 is 1.66 bits per heavy atom. The average molecular weight is 449 g/mol. The van der Waals surface area contributed by atoms with Crippen LogP contribution in [-0.4, -0.2) is 22.6 Å². The smallest absolute Gasteiger partial charge is 0.303 e. The second-order valence-corrected chi connectivity index (χ2v) is 11.0. The van der Waals surface area contributed by atoms with Crippen LogP contribution in [0.4, 0.5) is 0 Å². The van der Waals surface area contributed by atoms with Crippen LogP contribution in [0.25, 0.3) is 0 Å². The molecule has 4 heteroatoms. The third kappa shape index (κ3) is 4.57. The van der Waals surface area contributed by atoms with Gasteiger partial charge in [0.1, 0.15) is 11.6 Å². The molecule has 4 fully saturated rings. The van der Waals surface area contributed by atoms with Crippen molar-refractivity contribution in [1.82, 2.24) is 0 Å². The number of carboxylic acids is 1. The number of aliphatic carboxylic acids is 1. The van der Waals surface area contributed by atoms with Crippen LogP contribution in [0.2, 0.25) is 0 Å². The van der Waals surface area contributed by atoms with Gasteiger partial charge in [0.15, 0.2) is 0 Å². The minimum Gasteiger partial charge on any atom is -0.481 e. The monoisotopic (exact) mass is 448 g/mol. The van der Waals surface area contributed by atoms with E-state index in [-0.39, 0.29) is 35.0 Å². The predicted octanol–water partition coefficient (Wildman–Crippen LogP) is 6.95. The Hall–Kier alpha value is -1.19. The van der Waals surface area contributed by atoms with E-state index in [1.807, 2.05) is 27.7 Å². The number of hydrogen-bond donors (Lipinski definition) is 1. The van der Waals surface area contributed by atoms with Gasteiger partial charge in [0.2, 0.25) is 0 Å². The van der Waals surface area contributed by atoms with E-state index in [2.05, 4.69) is 20.8 Å². The average Bonchev–Trinajstić information content (AvgIpc) is 3.11. The van der Waals surface area contributed by atoms with Gasteiger partial charge in [-0.25, -0.2) is 0 Å². The van der Waals surface area contributed by atoms with Gasteiger partial charge in [-0.3, -0.25) is 14.4 Å². The Bertz CT molecular complexity index is 685. The molecule has 4 saturated carbocycles. The van der Waals surface area contributed by atoms with Crippen LogP contribution in [0.3, 0.4) is 0 Å². The molecule has 0 radical (unpaired) electrons. The van der Waals surface area contributed by atoms with Crippen molar-refractivity contribution in [1.29, 1.82) is 0 Å². The summed E-state index contributed by atoms with van der Waals surface area (Å²) in [5.74, 6) is 1.15. The molecule has 0 aliphatic heterocycles. The van der Waals surface area contributed by atoms with E-state index in [0.29, 0.717) is 48.6 Å². The lowest BCUT2D eigenvalue weighted by Gasteiger charge is -2.58. The molecule has 7 unspecified atom stereocenters. The number of carbonyl (C=O) groups is 3. The van der Waals surface area contributed by atoms with Gasteiger partial charge >= 0.3 is 5.97 Å². The van der Waals surface area contributed by atoms with E-state index in [4.69, 9.17) is 5.11 Å². The zero-order valence-corrected chi connectivity index (χ0v) is 21.7. The topological polar surface area (TPSA) is 71.4 Å². The zero-order valence-electron chi connectivity index (χ0n) is 21.7. The lowest BCUT2D eigenvalue weighted by molar-refractivity contribution is -0.168. The molecule has 0 bridgehead atoms. The van der Waals surface area contributed by atoms with Crippen molar-refractivity contribution in [2.24, 2.45) is 46.3 Å². The summed E-state index contributed by atoms with van der Waals surface area (Å²) in [5.41, 5.74) is -0.119. The molecule has 32 heavy (non-hydrogen) atoms. The van der Waals surface area contributed by atoms with Crippen molar-refractivity contribution < 1.29 is 19.5 Å². The van der Waals surface area contributed by atoms with E-state index >= 15 is 0 Å². The number of Topliss-reactive ketones (excluding diaryl/α,β-unsaturated/α-hetero) is 2. The Morgan fingerprint density at radius 1 is 1.00 bits per heavy atom. The van der Waals surface area contributed by atoms with Gasteiger partial charge in [-0.05, 0) is 66.6 Å². The minimum absolute atomic E-state index is 0.0161. The second-order valence-electron chi connectivity index (χ2n) is 11.0. The number of rotatable bonds is 4. The molecular formula is C28H48O4. The first-order chi connectivity index (χ1) is 15.2. The molecule has 0 spiro atoms. The predicted molar refractivity (Wildman–Crippen MR) is 129 cm³/mol. The third-order valence-corrected chi connectivity index (χ3v) is 9.66. The Morgan fingerprint density at radius 3 is 2.28 bits per heavy atom. The number of carbonyl (C=O) groups excluding carboxylic acids is 2. The molecule has 0 amide bonds. The van der Waals surface area contributed by atoms with Gasteiger partial charge in [0.25, 0.3) is 0 Å². The lowest BCUT2D eigenvalue weighted by atomic mass is 9.44. The van der Waals surface area contributed by atoms with E-state index in [1.54, 1.807) is 0 Å². The van der Waals surface area contributed by atoms with Crippen LogP contribution in [0, 0.1) is 46.3 Å². The van der Waals surface area contributed by atoms with Crippen molar-refractivity contribution in [3.8, 4) is 0 Å². The second kappa shape index (κ2) is 10.8. The summed E-state index contributed by atoms with van der Waals surface area (Å²) in [7, 11) is 0. The van der Waals surface area contributed by atoms with Gasteiger partial charge in [0.05, 0.1) is 0 Å². The maximum absolute atomic E-state index is 13.6. The van der Waals surface area contributed by atoms with Crippen molar-refractivity contribution in [3.05, 3.63) is 0 Å². The lowest BCUT2D eigenvalue weighted by Crippen LogP contribution is -2.60. The van der Waals surface area contributed by atoms with E-state index in [9.17, 15) is 14.4 Å². The van der Waals surface area contributed by atoms with Gasteiger partial charge < -0.3 is 5.11 Å². The molecule has 8 atom stereocenters. The molecular weight excluding hydrogens is 400 g/mol. The minimum atomic E-state index is -0.745. The highest BCUT2D eigenvalue weighted by atomic mass is 16.4. The van der Waals surface area contributed by atoms with E-state index < -0.39 is 5.97 Å². The number of hydrogen-bond acceptors (Lipinski definition) is 3. The first-order valence-electron chi connectivity index (χ1n) is 13.5. The van der Waals surface area contributed by atoms with Crippen LogP contribution in [0.5, 0.6) is 0 Å². The van der Waals surface area contributed by atoms with Crippen LogP contribution in [0.1, 0.15) is 113 Å². The van der Waals surface area contributed by atoms with Gasteiger partial charge in [0, 0.05) is 31.1 Å². The number of fused-ring (bicyclic) bond motifs is 5. The van der Waals surface area contributed by atoms with Crippen molar-refractivity contribution >= 4 is 17.5 Å². The largest absolute Gasteiger partial charge is 0.481 e. The quantitative estimate of drug-likeness (QED) is 0.505. The highest BCUT2D eigenvalue weighted by Gasteiger charge is 2.65. The normalized spacial score (nSPS) is 41.0. The highest BCUT2D eigenvalue weighted by molar-refractivity contribution is 5.94. The first-order valence-corrected chi connectivity index (χ1v) is 13.5. The van der Waals surface area contributed by atoms with Crippen LogP contribution >= 0.6 is 0 Å². The van der Waals surface area contributed by atoms with Gasteiger partial charge in [-0.15, -0.1) is 0 Å². The summed E-state index contributed by atoms with van der Waals surface area (Å²) < 4.78 is 0. The molecule has 0 saturated heterocycles. The Balaban J connectivity index is 0.000000860. The summed E-state index contributed by atoms with van der Waals surface area (Å²) >= 11 is 0. The van der Waals surface area contributed by atoms with Crippen LogP contribution < -0.4 is 0 Å². The molecule has 0 aromatic carbocycles. The van der Waals surface area contributed by atoms with E-state index in [0.717, 1.165) is 25.7 Å². The van der Waals surface area contributed by atoms with Crippen molar-refractivity contribution in [2.75, 3.05) is 0 Å². The van der Waals surface area contributed by atoms with Gasteiger partial charge in [-0.2, -0.15) is 0 Å². The fourth-order valence-electron chi connectivity index (χ4n) is 8.29. The maximum Gasteiger partial charge on any atom is 0.303 e. The number of carboxylic acid groups (broad SMARTS) is 1. The molecule has 0 heterocycles. The molecule has 4 nitrogen and oxygen atoms in total. The molecule has 4 aliphatic carbocycles. The summed E-state index contributed by atoms with van der Waals surface area (Å²) in [6.45, 7) is 14.7. The first kappa shape index (κ1) is 27.1. The zero-order chi connectivity index (χ0) is 24.3. The molecule has 1 N–H and O–H groups in total. The fraction of sp³-hybridized carbons (Fsp3) is 0.893. The van der Waals surface area contributed by atoms with Crippen molar-refractivity contribution in [3.63, 3.8) is 0 Å². The summed E-state index contributed by atoms with van der Waals surface area (Å²) in [5, 5.41) is 9.07. The fourth-order valence-corrected chi connectivity index (χ4v) is 8.29. The molecule has 4 rings (SSSR count). The summed E-state index contributed by atoms with van der Waals surface area (Å²) in [4.78, 5) is 37.9. The van der Waals surface area contributed by atoms with Crippen LogP contribution in [-0.2, 0) is 14.4 Å². The summed E-state index contributed by atoms with van der Waals surface area (Å²) in [6, 6.07) is 0. The Kier molecular flexibility index (Phi) is 9.15. The molecule has 4 aliphatic rings. The third-order valence-electron chi connectivity index (χ3n) is 9.66. The number of ketones is 2.